The lowest BCUT2D eigenvalue weighted by molar-refractivity contribution is -0.216. The van der Waals surface area contributed by atoms with Crippen molar-refractivity contribution in [2.45, 2.75) is 45.4 Å². The van der Waals surface area contributed by atoms with Gasteiger partial charge in [-0.15, -0.1) is 0 Å². The van der Waals surface area contributed by atoms with Crippen molar-refractivity contribution in [3.63, 3.8) is 0 Å². The largest absolute Gasteiger partial charge is 0.462 e. The van der Waals surface area contributed by atoms with Gasteiger partial charge in [0, 0.05) is 0 Å². The number of hydrogen-bond donors (Lipinski definition) is 0. The molecule has 0 radical (unpaired) electrons. The van der Waals surface area contributed by atoms with Crippen LogP contribution in [0.15, 0.2) is 24.3 Å². The summed E-state index contributed by atoms with van der Waals surface area (Å²) in [5, 5.41) is 0. The zero-order valence-corrected chi connectivity index (χ0v) is 13.3. The zero-order chi connectivity index (χ0) is 16.2. The Bertz CT molecular complexity index is 470. The number of ether oxygens (including phenoxy) is 1. The SMILES string of the molecule is CCCCCCCCOC(=O)c1ccccc1C(=O)OOC. The van der Waals surface area contributed by atoms with Crippen LogP contribution in [-0.4, -0.2) is 25.7 Å². The van der Waals surface area contributed by atoms with Crippen LogP contribution in [0.5, 0.6) is 0 Å². The molecule has 0 heterocycles. The molecule has 0 aliphatic carbocycles. The van der Waals surface area contributed by atoms with E-state index < -0.39 is 11.9 Å². The van der Waals surface area contributed by atoms with E-state index in [1.165, 1.54) is 38.5 Å². The minimum absolute atomic E-state index is 0.136. The fourth-order valence-corrected chi connectivity index (χ4v) is 2.08. The van der Waals surface area contributed by atoms with Crippen LogP contribution in [0.25, 0.3) is 0 Å². The second-order valence-electron chi connectivity index (χ2n) is 4.99. The van der Waals surface area contributed by atoms with E-state index >= 15 is 0 Å². The third-order valence-electron chi connectivity index (χ3n) is 3.26. The number of carbonyl (C=O) groups excluding carboxylic acids is 2. The molecule has 1 rings (SSSR count). The van der Waals surface area contributed by atoms with Gasteiger partial charge in [-0.05, 0) is 18.6 Å². The van der Waals surface area contributed by atoms with Crippen molar-refractivity contribution < 1.29 is 24.1 Å². The second kappa shape index (κ2) is 10.8. The van der Waals surface area contributed by atoms with Gasteiger partial charge in [0.2, 0.25) is 0 Å². The van der Waals surface area contributed by atoms with Crippen LogP contribution in [0.1, 0.15) is 66.2 Å². The van der Waals surface area contributed by atoms with Crippen molar-refractivity contribution in [1.82, 2.24) is 0 Å². The predicted molar refractivity (Wildman–Crippen MR) is 82.5 cm³/mol. The van der Waals surface area contributed by atoms with E-state index in [0.717, 1.165) is 19.3 Å². The maximum atomic E-state index is 12.0. The smallest absolute Gasteiger partial charge is 0.373 e. The first-order valence-electron chi connectivity index (χ1n) is 7.71. The van der Waals surface area contributed by atoms with Gasteiger partial charge in [0.25, 0.3) is 0 Å². The maximum absolute atomic E-state index is 12.0. The Balaban J connectivity index is 2.44. The zero-order valence-electron chi connectivity index (χ0n) is 13.3. The molecular formula is C17H24O5. The summed E-state index contributed by atoms with van der Waals surface area (Å²) in [6.45, 7) is 2.53. The molecule has 22 heavy (non-hydrogen) atoms. The minimum Gasteiger partial charge on any atom is -0.462 e. The van der Waals surface area contributed by atoms with Crippen LogP contribution in [0, 0.1) is 0 Å². The fraction of sp³-hybridized carbons (Fsp3) is 0.529. The lowest BCUT2D eigenvalue weighted by Gasteiger charge is -2.08. The number of rotatable bonds is 10. The van der Waals surface area contributed by atoms with Crippen molar-refractivity contribution in [2.24, 2.45) is 0 Å². The Morgan fingerprint density at radius 2 is 1.50 bits per heavy atom. The van der Waals surface area contributed by atoms with Gasteiger partial charge >= 0.3 is 11.9 Å². The van der Waals surface area contributed by atoms with Crippen LogP contribution < -0.4 is 0 Å². The van der Waals surface area contributed by atoms with Gasteiger partial charge < -0.3 is 4.74 Å². The molecule has 0 saturated carbocycles. The van der Waals surface area contributed by atoms with Crippen molar-refractivity contribution in [3.05, 3.63) is 35.4 Å². The summed E-state index contributed by atoms with van der Waals surface area (Å²) in [6.07, 6.45) is 6.71. The number of carbonyl (C=O) groups is 2. The average molecular weight is 308 g/mol. The van der Waals surface area contributed by atoms with Crippen LogP contribution in [0.2, 0.25) is 0 Å². The van der Waals surface area contributed by atoms with Crippen molar-refractivity contribution >= 4 is 11.9 Å². The van der Waals surface area contributed by atoms with Crippen molar-refractivity contribution in [2.75, 3.05) is 13.7 Å². The number of hydrogen-bond acceptors (Lipinski definition) is 5. The van der Waals surface area contributed by atoms with Crippen LogP contribution in [0.3, 0.4) is 0 Å². The highest BCUT2D eigenvalue weighted by atomic mass is 17.2. The van der Waals surface area contributed by atoms with E-state index in [-0.39, 0.29) is 11.1 Å². The first kappa shape index (κ1) is 18.2. The molecule has 0 unspecified atom stereocenters. The molecule has 5 heteroatoms. The predicted octanol–water partition coefficient (Wildman–Crippen LogP) is 3.92. The van der Waals surface area contributed by atoms with E-state index in [2.05, 4.69) is 16.7 Å². The molecule has 0 atom stereocenters. The normalized spacial score (nSPS) is 10.3. The molecular weight excluding hydrogens is 284 g/mol. The summed E-state index contributed by atoms with van der Waals surface area (Å²) in [6, 6.07) is 6.36. The van der Waals surface area contributed by atoms with Crippen LogP contribution in [0.4, 0.5) is 0 Å². The molecule has 0 amide bonds. The Morgan fingerprint density at radius 1 is 0.909 bits per heavy atom. The Morgan fingerprint density at radius 3 is 2.14 bits per heavy atom. The van der Waals surface area contributed by atoms with E-state index in [4.69, 9.17) is 4.74 Å². The molecule has 0 aliphatic heterocycles. The van der Waals surface area contributed by atoms with Gasteiger partial charge in [-0.25, -0.2) is 9.59 Å². The Kier molecular flexibility index (Phi) is 8.91. The monoisotopic (exact) mass is 308 g/mol. The second-order valence-corrected chi connectivity index (χ2v) is 4.99. The van der Waals surface area contributed by atoms with Gasteiger partial charge in [-0.3, -0.25) is 4.89 Å². The summed E-state index contributed by atoms with van der Waals surface area (Å²) in [7, 11) is 1.23. The lowest BCUT2D eigenvalue weighted by Crippen LogP contribution is -2.14. The molecule has 0 spiro atoms. The molecule has 1 aromatic carbocycles. The summed E-state index contributed by atoms with van der Waals surface area (Å²) in [4.78, 5) is 32.5. The first-order valence-corrected chi connectivity index (χ1v) is 7.71. The molecule has 0 aromatic heterocycles. The van der Waals surface area contributed by atoms with Gasteiger partial charge in [0.05, 0.1) is 24.8 Å². The summed E-state index contributed by atoms with van der Waals surface area (Å²) >= 11 is 0. The molecule has 1 aromatic rings. The van der Waals surface area contributed by atoms with Gasteiger partial charge in [0.1, 0.15) is 0 Å². The Hall–Kier alpha value is -1.88. The first-order chi connectivity index (χ1) is 10.7. The summed E-state index contributed by atoms with van der Waals surface area (Å²) in [5.74, 6) is -1.23. The highest BCUT2D eigenvalue weighted by molar-refractivity contribution is 6.02. The molecule has 0 fully saturated rings. The molecule has 0 aliphatic rings. The number of esters is 1. The highest BCUT2D eigenvalue weighted by Gasteiger charge is 2.19. The van der Waals surface area contributed by atoms with Gasteiger partial charge in [-0.1, -0.05) is 51.2 Å². The van der Waals surface area contributed by atoms with E-state index in [1.54, 1.807) is 12.1 Å². The van der Waals surface area contributed by atoms with Crippen LogP contribution >= 0.6 is 0 Å². The van der Waals surface area contributed by atoms with E-state index in [9.17, 15) is 9.59 Å². The third-order valence-corrected chi connectivity index (χ3v) is 3.26. The van der Waals surface area contributed by atoms with E-state index in [1.807, 2.05) is 0 Å². The fourth-order valence-electron chi connectivity index (χ4n) is 2.08. The van der Waals surface area contributed by atoms with Gasteiger partial charge in [-0.2, -0.15) is 4.89 Å². The van der Waals surface area contributed by atoms with Gasteiger partial charge in [0.15, 0.2) is 0 Å². The Labute approximate surface area is 131 Å². The summed E-state index contributed by atoms with van der Waals surface area (Å²) in [5.41, 5.74) is 0.327. The molecule has 0 saturated heterocycles. The highest BCUT2D eigenvalue weighted by Crippen LogP contribution is 2.13. The number of unbranched alkanes of at least 4 members (excludes halogenated alkanes) is 5. The third kappa shape index (κ3) is 6.26. The standard InChI is InChI=1S/C17H24O5/c1-3-4-5-6-7-10-13-21-16(18)14-11-8-9-12-15(14)17(19)22-20-2/h8-9,11-12H,3-7,10,13H2,1-2H3. The average Bonchev–Trinajstić information content (AvgIpc) is 2.54. The quantitative estimate of drug-likeness (QED) is 0.284. The molecule has 0 bridgehead atoms. The van der Waals surface area contributed by atoms with Crippen LogP contribution in [-0.2, 0) is 14.5 Å². The summed E-state index contributed by atoms with van der Waals surface area (Å²) < 4.78 is 5.22. The van der Waals surface area contributed by atoms with E-state index in [0.29, 0.717) is 6.61 Å². The molecule has 122 valence electrons. The molecule has 0 N–H and O–H groups in total. The minimum atomic E-state index is -0.713. The maximum Gasteiger partial charge on any atom is 0.373 e. The molecule has 5 nitrogen and oxygen atoms in total. The lowest BCUT2D eigenvalue weighted by atomic mass is 10.1. The van der Waals surface area contributed by atoms with Crippen molar-refractivity contribution in [3.8, 4) is 0 Å². The number of benzene rings is 1. The topological polar surface area (TPSA) is 61.8 Å². The van der Waals surface area contributed by atoms with Crippen molar-refractivity contribution in [1.29, 1.82) is 0 Å².